The van der Waals surface area contributed by atoms with Crippen molar-refractivity contribution in [2.24, 2.45) is 29.6 Å². The first kappa shape index (κ1) is 18.0. The van der Waals surface area contributed by atoms with Crippen molar-refractivity contribution < 1.29 is 4.42 Å². The molecule has 31 heavy (non-hydrogen) atoms. The van der Waals surface area contributed by atoms with Gasteiger partial charge in [0.25, 0.3) is 0 Å². The molecule has 8 fully saturated rings. The highest BCUT2D eigenvalue weighted by molar-refractivity contribution is 6.28. The Morgan fingerprint density at radius 1 is 0.774 bits per heavy atom. The topological polar surface area (TPSA) is 69.6 Å². The molecule has 8 aliphatic rings. The SMILES string of the molecule is Clc1ncn(C23CC4CC(CC(c5nnc(C67CC8CC(CC(C8)C6)C7)o5)(C4)C2)C3)n1. The van der Waals surface area contributed by atoms with Crippen molar-refractivity contribution in [3.8, 4) is 0 Å². The van der Waals surface area contributed by atoms with Crippen molar-refractivity contribution >= 4 is 11.6 Å². The molecule has 0 N–H and O–H groups in total. The van der Waals surface area contributed by atoms with Crippen LogP contribution in [-0.4, -0.2) is 25.0 Å². The normalized spacial score (nSPS) is 49.3. The summed E-state index contributed by atoms with van der Waals surface area (Å²) in [5, 5.41) is 14.5. The van der Waals surface area contributed by atoms with Crippen LogP contribution in [0.3, 0.4) is 0 Å². The second-order valence-electron chi connectivity index (χ2n) is 12.5. The molecular formula is C24H30ClN5O. The van der Waals surface area contributed by atoms with Crippen LogP contribution >= 0.6 is 11.6 Å². The Bertz CT molecular complexity index is 1010. The van der Waals surface area contributed by atoms with Gasteiger partial charge in [-0.15, -0.1) is 15.3 Å². The highest BCUT2D eigenvalue weighted by atomic mass is 35.5. The largest absolute Gasteiger partial charge is 0.424 e. The van der Waals surface area contributed by atoms with E-state index in [4.69, 9.17) is 26.2 Å². The Labute approximate surface area is 187 Å². The molecule has 10 rings (SSSR count). The van der Waals surface area contributed by atoms with Crippen molar-refractivity contribution in [3.63, 3.8) is 0 Å². The van der Waals surface area contributed by atoms with E-state index in [1.165, 1.54) is 70.6 Å². The molecule has 2 unspecified atom stereocenters. The third-order valence-electron chi connectivity index (χ3n) is 10.4. The molecule has 164 valence electrons. The van der Waals surface area contributed by atoms with E-state index in [0.29, 0.717) is 17.1 Å². The van der Waals surface area contributed by atoms with E-state index in [2.05, 4.69) is 14.8 Å². The summed E-state index contributed by atoms with van der Waals surface area (Å²) < 4.78 is 8.83. The maximum Gasteiger partial charge on any atom is 0.242 e. The zero-order chi connectivity index (χ0) is 20.4. The summed E-state index contributed by atoms with van der Waals surface area (Å²) in [7, 11) is 0. The maximum absolute atomic E-state index is 6.75. The van der Waals surface area contributed by atoms with Gasteiger partial charge >= 0.3 is 0 Å². The number of rotatable bonds is 3. The number of aromatic nitrogens is 5. The van der Waals surface area contributed by atoms with Crippen LogP contribution in [0.4, 0.5) is 0 Å². The average Bonchev–Trinajstić information content (AvgIpc) is 3.36. The van der Waals surface area contributed by atoms with Crippen LogP contribution in [0, 0.1) is 29.6 Å². The number of hydrogen-bond donors (Lipinski definition) is 0. The lowest BCUT2D eigenvalue weighted by molar-refractivity contribution is -0.0788. The summed E-state index contributed by atoms with van der Waals surface area (Å²) in [5.41, 5.74) is 0.203. The molecule has 0 radical (unpaired) electrons. The molecule has 6 nitrogen and oxygen atoms in total. The highest BCUT2D eigenvalue weighted by Gasteiger charge is 2.62. The lowest BCUT2D eigenvalue weighted by Crippen LogP contribution is -2.58. The summed E-state index contributed by atoms with van der Waals surface area (Å²) in [4.78, 5) is 4.25. The van der Waals surface area contributed by atoms with E-state index >= 15 is 0 Å². The highest BCUT2D eigenvalue weighted by Crippen LogP contribution is 2.65. The van der Waals surface area contributed by atoms with Crippen LogP contribution in [0.2, 0.25) is 5.28 Å². The van der Waals surface area contributed by atoms with E-state index in [1.807, 2.05) is 6.33 Å². The summed E-state index contributed by atoms with van der Waals surface area (Å²) in [6.45, 7) is 0. The lowest BCUT2D eigenvalue weighted by Gasteiger charge is -2.60. The van der Waals surface area contributed by atoms with Gasteiger partial charge in [-0.1, -0.05) is 0 Å². The minimum absolute atomic E-state index is 0.00997. The Kier molecular flexibility index (Phi) is 3.34. The summed E-state index contributed by atoms with van der Waals surface area (Å²) in [6.07, 6.45) is 17.1. The third-order valence-corrected chi connectivity index (χ3v) is 10.5. The smallest absolute Gasteiger partial charge is 0.242 e. The molecule has 2 aromatic heterocycles. The van der Waals surface area contributed by atoms with Gasteiger partial charge in [0.05, 0.1) is 11.0 Å². The van der Waals surface area contributed by atoms with Gasteiger partial charge in [-0.25, -0.2) is 9.67 Å². The molecule has 8 bridgehead atoms. The molecule has 0 saturated heterocycles. The first-order valence-electron chi connectivity index (χ1n) is 12.4. The fourth-order valence-electron chi connectivity index (χ4n) is 10.2. The molecule has 0 aromatic carbocycles. The van der Waals surface area contributed by atoms with Gasteiger partial charge < -0.3 is 4.42 Å². The van der Waals surface area contributed by atoms with Crippen molar-refractivity contribution in [2.75, 3.05) is 0 Å². The second-order valence-corrected chi connectivity index (χ2v) is 12.9. The zero-order valence-electron chi connectivity index (χ0n) is 18.0. The van der Waals surface area contributed by atoms with Gasteiger partial charge in [-0.3, -0.25) is 0 Å². The molecular weight excluding hydrogens is 410 g/mol. The van der Waals surface area contributed by atoms with E-state index < -0.39 is 0 Å². The predicted molar refractivity (Wildman–Crippen MR) is 114 cm³/mol. The summed E-state index contributed by atoms with van der Waals surface area (Å²) >= 11 is 6.12. The average molecular weight is 440 g/mol. The standard InChI is InChI=1S/C24H30ClN5O/c25-21-26-13-30(29-21)24-10-17-4-18(11-24)9-23(8-17,12-24)20-28-27-19(31-20)22-5-14-1-15(6-22)3-16(2-14)7-22/h13-18H,1-12H2. The van der Waals surface area contributed by atoms with Crippen LogP contribution in [0.1, 0.15) is 88.8 Å². The van der Waals surface area contributed by atoms with Crippen LogP contribution in [0.25, 0.3) is 0 Å². The minimum Gasteiger partial charge on any atom is -0.424 e. The van der Waals surface area contributed by atoms with Crippen molar-refractivity contribution in [1.82, 2.24) is 25.0 Å². The molecule has 0 spiro atoms. The number of nitrogens with zero attached hydrogens (tertiary/aromatic N) is 5. The fraction of sp³-hybridized carbons (Fsp3) is 0.833. The molecule has 2 atom stereocenters. The quantitative estimate of drug-likeness (QED) is 0.670. The van der Waals surface area contributed by atoms with Gasteiger partial charge in [0.1, 0.15) is 6.33 Å². The first-order chi connectivity index (χ1) is 15.0. The van der Waals surface area contributed by atoms with E-state index in [1.54, 1.807) is 0 Å². The van der Waals surface area contributed by atoms with E-state index in [-0.39, 0.29) is 16.4 Å². The third kappa shape index (κ3) is 2.41. The minimum atomic E-state index is 0.00997. The van der Waals surface area contributed by atoms with Gasteiger partial charge in [0.2, 0.25) is 17.1 Å². The number of hydrogen-bond acceptors (Lipinski definition) is 5. The van der Waals surface area contributed by atoms with Gasteiger partial charge in [-0.05, 0) is 118 Å². The Balaban J connectivity index is 1.18. The van der Waals surface area contributed by atoms with Crippen molar-refractivity contribution in [2.45, 2.75) is 93.4 Å². The van der Waals surface area contributed by atoms with Crippen LogP contribution in [0.15, 0.2) is 10.7 Å². The Hall–Kier alpha value is -1.43. The second kappa shape index (κ2) is 5.73. The zero-order valence-corrected chi connectivity index (χ0v) is 18.7. The van der Waals surface area contributed by atoms with Gasteiger partial charge in [0.15, 0.2) is 0 Å². The maximum atomic E-state index is 6.75. The van der Waals surface area contributed by atoms with Crippen LogP contribution in [-0.2, 0) is 16.4 Å². The van der Waals surface area contributed by atoms with Crippen LogP contribution < -0.4 is 0 Å². The molecule has 0 amide bonds. The van der Waals surface area contributed by atoms with E-state index in [9.17, 15) is 0 Å². The number of halogens is 1. The fourth-order valence-corrected chi connectivity index (χ4v) is 10.4. The molecule has 2 heterocycles. The molecule has 2 aromatic rings. The molecule has 8 saturated carbocycles. The molecule has 0 aliphatic heterocycles. The molecule has 8 aliphatic carbocycles. The van der Waals surface area contributed by atoms with Crippen LogP contribution in [0.5, 0.6) is 0 Å². The van der Waals surface area contributed by atoms with E-state index in [0.717, 1.165) is 36.0 Å². The predicted octanol–water partition coefficient (Wildman–Crippen LogP) is 5.03. The van der Waals surface area contributed by atoms with Gasteiger partial charge in [0, 0.05) is 5.41 Å². The first-order valence-corrected chi connectivity index (χ1v) is 12.8. The summed E-state index contributed by atoms with van der Waals surface area (Å²) in [6, 6.07) is 0. The monoisotopic (exact) mass is 439 g/mol. The van der Waals surface area contributed by atoms with Crippen molar-refractivity contribution in [1.29, 1.82) is 0 Å². The van der Waals surface area contributed by atoms with Gasteiger partial charge in [-0.2, -0.15) is 0 Å². The summed E-state index contributed by atoms with van der Waals surface area (Å²) in [5.74, 6) is 6.00. The Morgan fingerprint density at radius 2 is 1.32 bits per heavy atom. The lowest BCUT2D eigenvalue weighted by atomic mass is 9.47. The Morgan fingerprint density at radius 3 is 1.90 bits per heavy atom. The molecule has 7 heteroatoms. The van der Waals surface area contributed by atoms with Crippen molar-refractivity contribution in [3.05, 3.63) is 23.4 Å².